The molecule has 0 aliphatic rings. The summed E-state index contributed by atoms with van der Waals surface area (Å²) in [6.07, 6.45) is -0.896. The highest BCUT2D eigenvalue weighted by Crippen LogP contribution is 2.22. The molecule has 0 bridgehead atoms. The van der Waals surface area contributed by atoms with Gasteiger partial charge in [0.05, 0.1) is 0 Å². The average Bonchev–Trinajstić information content (AvgIpc) is 3.06. The number of hydrogen-bond acceptors (Lipinski definition) is 4. The Balaban J connectivity index is 1.65. The van der Waals surface area contributed by atoms with E-state index in [1.54, 1.807) is 18.2 Å². The molecule has 5 nitrogen and oxygen atoms in total. The molecule has 0 saturated heterocycles. The zero-order chi connectivity index (χ0) is 16.9. The Kier molecular flexibility index (Phi) is 4.56. The number of hydrogen-bond donors (Lipinski definition) is 1. The number of carbonyl (C=O) groups is 1. The van der Waals surface area contributed by atoms with Crippen LogP contribution in [0.15, 0.2) is 65.2 Å². The molecule has 2 aromatic carbocycles. The first-order chi connectivity index (χ1) is 11.6. The maximum absolute atomic E-state index is 13.5. The lowest BCUT2D eigenvalue weighted by atomic mass is 10.1. The van der Waals surface area contributed by atoms with Gasteiger partial charge >= 0.3 is 0 Å². The molecule has 6 heteroatoms. The van der Waals surface area contributed by atoms with Crippen molar-refractivity contribution < 1.29 is 18.4 Å². The molecular formula is C18H15FN2O3. The second-order valence-electron chi connectivity index (χ2n) is 5.12. The van der Waals surface area contributed by atoms with Crippen molar-refractivity contribution in [1.29, 1.82) is 0 Å². The van der Waals surface area contributed by atoms with Crippen LogP contribution in [0.3, 0.4) is 0 Å². The SMILES string of the molecule is C[C@@H](Oc1ccccc1F)C(=O)Nc1cc(-c2ccccc2)no1. The molecule has 0 aliphatic carbocycles. The van der Waals surface area contributed by atoms with Crippen LogP contribution in [0.4, 0.5) is 10.3 Å². The Hall–Kier alpha value is -3.15. The van der Waals surface area contributed by atoms with Crippen LogP contribution in [0.25, 0.3) is 11.3 Å². The van der Waals surface area contributed by atoms with E-state index >= 15 is 0 Å². The predicted molar refractivity (Wildman–Crippen MR) is 87.1 cm³/mol. The molecule has 1 atom stereocenters. The minimum absolute atomic E-state index is 0.0164. The van der Waals surface area contributed by atoms with E-state index in [1.165, 1.54) is 19.1 Å². The number of carbonyl (C=O) groups excluding carboxylic acids is 1. The smallest absolute Gasteiger partial charge is 0.267 e. The number of halogens is 1. The number of nitrogens with one attached hydrogen (secondary N) is 1. The summed E-state index contributed by atoms with van der Waals surface area (Å²) in [5.41, 5.74) is 1.48. The standard InChI is InChI=1S/C18H15FN2O3/c1-12(23-16-10-6-5-9-14(16)19)18(22)20-17-11-15(21-24-17)13-7-3-2-4-8-13/h2-12H,1H3,(H,20,22)/t12-/m1/s1. The zero-order valence-electron chi connectivity index (χ0n) is 12.9. The van der Waals surface area contributed by atoms with E-state index in [1.807, 2.05) is 30.3 Å². The maximum atomic E-state index is 13.5. The third kappa shape index (κ3) is 3.60. The number of aromatic nitrogens is 1. The summed E-state index contributed by atoms with van der Waals surface area (Å²) in [4.78, 5) is 12.1. The molecule has 0 unspecified atom stereocenters. The summed E-state index contributed by atoms with van der Waals surface area (Å²) < 4.78 is 24.0. The second kappa shape index (κ2) is 6.95. The van der Waals surface area contributed by atoms with Crippen LogP contribution < -0.4 is 10.1 Å². The first-order valence-corrected chi connectivity index (χ1v) is 7.37. The Morgan fingerprint density at radius 3 is 2.62 bits per heavy atom. The largest absolute Gasteiger partial charge is 0.478 e. The van der Waals surface area contributed by atoms with Crippen molar-refractivity contribution in [2.75, 3.05) is 5.32 Å². The van der Waals surface area contributed by atoms with Gasteiger partial charge in [0.25, 0.3) is 5.91 Å². The number of benzene rings is 2. The van der Waals surface area contributed by atoms with Gasteiger partial charge < -0.3 is 9.26 Å². The quantitative estimate of drug-likeness (QED) is 0.772. The summed E-state index contributed by atoms with van der Waals surface area (Å²) in [6, 6.07) is 16.9. The lowest BCUT2D eigenvalue weighted by Gasteiger charge is -2.13. The van der Waals surface area contributed by atoms with Gasteiger partial charge in [-0.3, -0.25) is 10.1 Å². The van der Waals surface area contributed by atoms with E-state index in [0.29, 0.717) is 5.69 Å². The lowest BCUT2D eigenvalue weighted by Crippen LogP contribution is -2.30. The average molecular weight is 326 g/mol. The summed E-state index contributed by atoms with van der Waals surface area (Å²) in [7, 11) is 0. The molecule has 122 valence electrons. The minimum Gasteiger partial charge on any atom is -0.478 e. The van der Waals surface area contributed by atoms with E-state index in [4.69, 9.17) is 9.26 Å². The summed E-state index contributed by atoms with van der Waals surface area (Å²) >= 11 is 0. The molecule has 0 fully saturated rings. The van der Waals surface area contributed by atoms with Gasteiger partial charge in [-0.25, -0.2) is 4.39 Å². The van der Waals surface area contributed by atoms with Gasteiger partial charge in [-0.2, -0.15) is 0 Å². The first-order valence-electron chi connectivity index (χ1n) is 7.37. The molecule has 0 spiro atoms. The molecule has 1 heterocycles. The van der Waals surface area contributed by atoms with Gasteiger partial charge in [0.1, 0.15) is 5.69 Å². The van der Waals surface area contributed by atoms with E-state index in [2.05, 4.69) is 10.5 Å². The van der Waals surface area contributed by atoms with Crippen LogP contribution in [0.5, 0.6) is 5.75 Å². The zero-order valence-corrected chi connectivity index (χ0v) is 12.9. The third-order valence-electron chi connectivity index (χ3n) is 3.34. The normalized spacial score (nSPS) is 11.8. The second-order valence-corrected chi connectivity index (χ2v) is 5.12. The van der Waals surface area contributed by atoms with Crippen molar-refractivity contribution in [1.82, 2.24) is 5.16 Å². The minimum atomic E-state index is -0.896. The van der Waals surface area contributed by atoms with Crippen LogP contribution in [0.1, 0.15) is 6.92 Å². The summed E-state index contributed by atoms with van der Waals surface area (Å²) in [5, 5.41) is 6.46. The number of ether oxygens (including phenoxy) is 1. The molecule has 24 heavy (non-hydrogen) atoms. The number of amides is 1. The maximum Gasteiger partial charge on any atom is 0.267 e. The fourth-order valence-electron chi connectivity index (χ4n) is 2.09. The number of rotatable bonds is 5. The molecule has 1 aromatic heterocycles. The van der Waals surface area contributed by atoms with Crippen LogP contribution in [-0.4, -0.2) is 17.2 Å². The van der Waals surface area contributed by atoms with Gasteiger partial charge in [0.15, 0.2) is 17.7 Å². The highest BCUT2D eigenvalue weighted by atomic mass is 19.1. The van der Waals surface area contributed by atoms with Crippen molar-refractivity contribution in [3.05, 3.63) is 66.5 Å². The van der Waals surface area contributed by atoms with Crippen LogP contribution in [0, 0.1) is 5.82 Å². The van der Waals surface area contributed by atoms with Gasteiger partial charge in [-0.1, -0.05) is 47.6 Å². The Morgan fingerprint density at radius 1 is 1.17 bits per heavy atom. The third-order valence-corrected chi connectivity index (χ3v) is 3.34. The van der Waals surface area contributed by atoms with Gasteiger partial charge in [0, 0.05) is 11.6 Å². The fraction of sp³-hybridized carbons (Fsp3) is 0.111. The van der Waals surface area contributed by atoms with Crippen LogP contribution in [0.2, 0.25) is 0 Å². The Morgan fingerprint density at radius 2 is 1.88 bits per heavy atom. The van der Waals surface area contributed by atoms with E-state index in [-0.39, 0.29) is 11.6 Å². The van der Waals surface area contributed by atoms with Crippen LogP contribution in [-0.2, 0) is 4.79 Å². The highest BCUT2D eigenvalue weighted by Gasteiger charge is 2.18. The predicted octanol–water partition coefficient (Wildman–Crippen LogP) is 3.89. The lowest BCUT2D eigenvalue weighted by molar-refractivity contribution is -0.122. The first kappa shape index (κ1) is 15.7. The molecular weight excluding hydrogens is 311 g/mol. The molecule has 0 radical (unpaired) electrons. The molecule has 3 aromatic rings. The van der Waals surface area contributed by atoms with Crippen molar-refractivity contribution in [3.63, 3.8) is 0 Å². The molecule has 1 N–H and O–H groups in total. The summed E-state index contributed by atoms with van der Waals surface area (Å²) in [5.74, 6) is -0.775. The van der Waals surface area contributed by atoms with E-state index in [9.17, 15) is 9.18 Å². The Labute approximate surface area is 138 Å². The van der Waals surface area contributed by atoms with Crippen molar-refractivity contribution in [2.24, 2.45) is 0 Å². The van der Waals surface area contributed by atoms with Gasteiger partial charge in [0.2, 0.25) is 5.88 Å². The van der Waals surface area contributed by atoms with Gasteiger partial charge in [-0.05, 0) is 19.1 Å². The number of nitrogens with zero attached hydrogens (tertiary/aromatic N) is 1. The molecule has 1 amide bonds. The monoisotopic (exact) mass is 326 g/mol. The van der Waals surface area contributed by atoms with Crippen molar-refractivity contribution >= 4 is 11.8 Å². The van der Waals surface area contributed by atoms with Crippen molar-refractivity contribution in [3.8, 4) is 17.0 Å². The van der Waals surface area contributed by atoms with E-state index in [0.717, 1.165) is 5.56 Å². The fourth-order valence-corrected chi connectivity index (χ4v) is 2.09. The number of anilines is 1. The molecule has 0 aliphatic heterocycles. The van der Waals surface area contributed by atoms with Crippen LogP contribution >= 0.6 is 0 Å². The van der Waals surface area contributed by atoms with Crippen molar-refractivity contribution in [2.45, 2.75) is 13.0 Å². The highest BCUT2D eigenvalue weighted by molar-refractivity contribution is 5.93. The van der Waals surface area contributed by atoms with E-state index < -0.39 is 17.8 Å². The molecule has 0 saturated carbocycles. The number of para-hydroxylation sites is 1. The topological polar surface area (TPSA) is 64.4 Å². The molecule has 3 rings (SSSR count). The van der Waals surface area contributed by atoms with Gasteiger partial charge in [-0.15, -0.1) is 0 Å². The summed E-state index contributed by atoms with van der Waals surface area (Å²) in [6.45, 7) is 1.52. The Bertz CT molecular complexity index is 833.